The van der Waals surface area contributed by atoms with E-state index in [9.17, 15) is 4.21 Å². The van der Waals surface area contributed by atoms with Crippen LogP contribution < -0.4 is 4.74 Å². The number of benzene rings is 1. The first-order chi connectivity index (χ1) is 8.78. The quantitative estimate of drug-likeness (QED) is 0.814. The molecule has 0 bridgehead atoms. The number of hydrogen-bond acceptors (Lipinski definition) is 4. The molecule has 0 amide bonds. The van der Waals surface area contributed by atoms with Crippen molar-refractivity contribution >= 4 is 10.8 Å². The molecule has 1 fully saturated rings. The first kappa shape index (κ1) is 13.1. The van der Waals surface area contributed by atoms with Crippen LogP contribution in [0.5, 0.6) is 5.75 Å². The lowest BCUT2D eigenvalue weighted by atomic mass is 10.2. The highest BCUT2D eigenvalue weighted by molar-refractivity contribution is 7.85. The Kier molecular flexibility index (Phi) is 4.73. The summed E-state index contributed by atoms with van der Waals surface area (Å²) >= 11 is 0. The normalized spacial score (nSPS) is 17.3. The van der Waals surface area contributed by atoms with Crippen molar-refractivity contribution in [1.82, 2.24) is 4.90 Å². The van der Waals surface area contributed by atoms with E-state index in [1.807, 2.05) is 12.1 Å². The van der Waals surface area contributed by atoms with Gasteiger partial charge in [0, 0.05) is 41.9 Å². The van der Waals surface area contributed by atoms with E-state index in [0.717, 1.165) is 36.9 Å². The fourth-order valence-corrected chi connectivity index (χ4v) is 2.98. The van der Waals surface area contributed by atoms with Gasteiger partial charge in [-0.1, -0.05) is 6.07 Å². The summed E-state index contributed by atoms with van der Waals surface area (Å²) in [5.41, 5.74) is 0.612. The monoisotopic (exact) mass is 264 g/mol. The Bertz CT molecular complexity index is 460. The van der Waals surface area contributed by atoms with E-state index in [4.69, 9.17) is 10.00 Å². The molecule has 0 radical (unpaired) electrons. The zero-order valence-corrected chi connectivity index (χ0v) is 11.0. The van der Waals surface area contributed by atoms with E-state index >= 15 is 0 Å². The molecule has 1 aromatic carbocycles. The van der Waals surface area contributed by atoms with E-state index in [0.29, 0.717) is 12.2 Å². The predicted molar refractivity (Wildman–Crippen MR) is 71.0 cm³/mol. The minimum absolute atomic E-state index is 0.599. The first-order valence-corrected chi connectivity index (χ1v) is 7.47. The predicted octanol–water partition coefficient (Wildman–Crippen LogP) is 1.00. The molecule has 5 heteroatoms. The van der Waals surface area contributed by atoms with Gasteiger partial charge < -0.3 is 4.74 Å². The fourth-order valence-electron chi connectivity index (χ4n) is 1.85. The molecule has 0 N–H and O–H groups in total. The van der Waals surface area contributed by atoms with Gasteiger partial charge in [0.1, 0.15) is 12.4 Å². The lowest BCUT2D eigenvalue weighted by Gasteiger charge is -2.25. The molecule has 0 saturated carbocycles. The molecular weight excluding hydrogens is 248 g/mol. The minimum atomic E-state index is -0.625. The van der Waals surface area contributed by atoms with Crippen LogP contribution in [0.1, 0.15) is 5.56 Å². The number of nitrogens with zero attached hydrogens (tertiary/aromatic N) is 2. The molecule has 0 unspecified atom stereocenters. The summed E-state index contributed by atoms with van der Waals surface area (Å²) in [6.07, 6.45) is 0. The summed E-state index contributed by atoms with van der Waals surface area (Å²) in [5.74, 6) is 2.27. The zero-order chi connectivity index (χ0) is 12.8. The van der Waals surface area contributed by atoms with Crippen molar-refractivity contribution in [3.8, 4) is 11.8 Å². The Hall–Kier alpha value is -1.38. The molecule has 0 aliphatic carbocycles. The maximum atomic E-state index is 11.2. The maximum Gasteiger partial charge on any atom is 0.120 e. The van der Waals surface area contributed by atoms with Crippen molar-refractivity contribution in [2.24, 2.45) is 0 Å². The third-order valence-electron chi connectivity index (χ3n) is 2.91. The SMILES string of the molecule is N#Cc1cccc(OCCN2CCS(=O)CC2)c1. The summed E-state index contributed by atoms with van der Waals surface area (Å²) in [5, 5.41) is 8.77. The molecule has 1 aromatic rings. The molecule has 18 heavy (non-hydrogen) atoms. The Labute approximate surface area is 110 Å². The molecule has 1 aliphatic rings. The molecule has 0 aromatic heterocycles. The van der Waals surface area contributed by atoms with Gasteiger partial charge in [0.2, 0.25) is 0 Å². The summed E-state index contributed by atoms with van der Waals surface area (Å²) in [6.45, 7) is 3.21. The second-order valence-corrected chi connectivity index (χ2v) is 5.87. The summed E-state index contributed by atoms with van der Waals surface area (Å²) in [4.78, 5) is 2.26. The summed E-state index contributed by atoms with van der Waals surface area (Å²) in [7, 11) is -0.625. The Morgan fingerprint density at radius 3 is 2.89 bits per heavy atom. The topological polar surface area (TPSA) is 53.3 Å². The lowest BCUT2D eigenvalue weighted by molar-refractivity contribution is 0.221. The van der Waals surface area contributed by atoms with Crippen LogP contribution in [0.25, 0.3) is 0 Å². The highest BCUT2D eigenvalue weighted by Gasteiger charge is 2.14. The van der Waals surface area contributed by atoms with Crippen molar-refractivity contribution in [2.45, 2.75) is 0 Å². The van der Waals surface area contributed by atoms with E-state index in [1.54, 1.807) is 12.1 Å². The average molecular weight is 264 g/mol. The summed E-state index contributed by atoms with van der Waals surface area (Å²) < 4.78 is 16.8. The molecular formula is C13H16N2O2S. The van der Waals surface area contributed by atoms with Crippen molar-refractivity contribution < 1.29 is 8.95 Å². The third-order valence-corrected chi connectivity index (χ3v) is 4.19. The van der Waals surface area contributed by atoms with Gasteiger partial charge in [-0.05, 0) is 18.2 Å². The van der Waals surface area contributed by atoms with Gasteiger partial charge in [0.25, 0.3) is 0 Å². The zero-order valence-electron chi connectivity index (χ0n) is 10.2. The summed E-state index contributed by atoms with van der Waals surface area (Å²) in [6, 6.07) is 9.26. The fraction of sp³-hybridized carbons (Fsp3) is 0.462. The second-order valence-electron chi connectivity index (χ2n) is 4.18. The van der Waals surface area contributed by atoms with Gasteiger partial charge in [-0.3, -0.25) is 9.11 Å². The molecule has 2 rings (SSSR count). The van der Waals surface area contributed by atoms with Crippen LogP contribution in [0.2, 0.25) is 0 Å². The Morgan fingerprint density at radius 1 is 1.39 bits per heavy atom. The average Bonchev–Trinajstić information content (AvgIpc) is 2.41. The van der Waals surface area contributed by atoms with Crippen LogP contribution in [0.3, 0.4) is 0 Å². The second kappa shape index (κ2) is 6.53. The third kappa shape index (κ3) is 3.83. The van der Waals surface area contributed by atoms with Crippen LogP contribution in [0.15, 0.2) is 24.3 Å². The molecule has 1 aliphatic heterocycles. The van der Waals surface area contributed by atoms with Gasteiger partial charge >= 0.3 is 0 Å². The molecule has 96 valence electrons. The van der Waals surface area contributed by atoms with Gasteiger partial charge in [0.15, 0.2) is 0 Å². The van der Waals surface area contributed by atoms with Gasteiger partial charge in [-0.2, -0.15) is 5.26 Å². The van der Waals surface area contributed by atoms with Crippen LogP contribution >= 0.6 is 0 Å². The van der Waals surface area contributed by atoms with Crippen molar-refractivity contribution in [1.29, 1.82) is 5.26 Å². The van der Waals surface area contributed by atoms with Gasteiger partial charge in [0.05, 0.1) is 11.6 Å². The first-order valence-electron chi connectivity index (χ1n) is 5.98. The molecule has 0 atom stereocenters. The highest BCUT2D eigenvalue weighted by Crippen LogP contribution is 2.12. The van der Waals surface area contributed by atoms with E-state index in [-0.39, 0.29) is 0 Å². The Morgan fingerprint density at radius 2 is 2.17 bits per heavy atom. The molecule has 4 nitrogen and oxygen atoms in total. The largest absolute Gasteiger partial charge is 0.492 e. The maximum absolute atomic E-state index is 11.2. The standard InChI is InChI=1S/C13H16N2O2S/c14-11-12-2-1-3-13(10-12)17-7-4-15-5-8-18(16)9-6-15/h1-3,10H,4-9H2. The van der Waals surface area contributed by atoms with Crippen molar-refractivity contribution in [3.05, 3.63) is 29.8 Å². The number of rotatable bonds is 4. The number of nitriles is 1. The van der Waals surface area contributed by atoms with E-state index in [2.05, 4.69) is 11.0 Å². The van der Waals surface area contributed by atoms with Gasteiger partial charge in [-0.15, -0.1) is 0 Å². The van der Waals surface area contributed by atoms with E-state index in [1.165, 1.54) is 0 Å². The number of hydrogen-bond donors (Lipinski definition) is 0. The highest BCUT2D eigenvalue weighted by atomic mass is 32.2. The smallest absolute Gasteiger partial charge is 0.120 e. The van der Waals surface area contributed by atoms with Crippen LogP contribution in [0.4, 0.5) is 0 Å². The Balaban J connectivity index is 1.75. The van der Waals surface area contributed by atoms with Crippen molar-refractivity contribution in [2.75, 3.05) is 37.7 Å². The van der Waals surface area contributed by atoms with Crippen LogP contribution in [-0.4, -0.2) is 46.9 Å². The van der Waals surface area contributed by atoms with Gasteiger partial charge in [-0.25, -0.2) is 0 Å². The molecule has 1 heterocycles. The minimum Gasteiger partial charge on any atom is -0.492 e. The molecule has 1 saturated heterocycles. The molecule has 0 spiro atoms. The van der Waals surface area contributed by atoms with Crippen LogP contribution in [-0.2, 0) is 10.8 Å². The van der Waals surface area contributed by atoms with Crippen molar-refractivity contribution in [3.63, 3.8) is 0 Å². The van der Waals surface area contributed by atoms with Crippen LogP contribution in [0, 0.1) is 11.3 Å². The lowest BCUT2D eigenvalue weighted by Crippen LogP contribution is -2.39. The number of ether oxygens (including phenoxy) is 1. The van der Waals surface area contributed by atoms with E-state index < -0.39 is 10.8 Å².